The first-order valence-electron chi connectivity index (χ1n) is 6.42. The van der Waals surface area contributed by atoms with Gasteiger partial charge in [-0.1, -0.05) is 0 Å². The lowest BCUT2D eigenvalue weighted by atomic mass is 10.0. The molecule has 0 spiro atoms. The van der Waals surface area contributed by atoms with Crippen LogP contribution in [-0.2, 0) is 9.53 Å². The van der Waals surface area contributed by atoms with E-state index in [4.69, 9.17) is 4.74 Å². The number of nitrogens with one attached hydrogen (secondary N) is 1. The lowest BCUT2D eigenvalue weighted by Crippen LogP contribution is -2.36. The standard InChI is InChI=1S/C13H18N2O2S/c1-9-10(2-4-17-9)7-15-12(16)6-14-13(15)11-3-5-18-8-11/h3,5,8-10,13-14H,2,4,6-7H2,1H3. The molecule has 2 aliphatic heterocycles. The molecule has 2 fully saturated rings. The SMILES string of the molecule is CC1OCCC1CN1C(=O)CNC1c1ccsc1. The maximum atomic E-state index is 12.0. The molecule has 98 valence electrons. The number of ether oxygens (including phenoxy) is 1. The average molecular weight is 266 g/mol. The monoisotopic (exact) mass is 266 g/mol. The first-order valence-corrected chi connectivity index (χ1v) is 7.36. The van der Waals surface area contributed by atoms with Gasteiger partial charge in [-0.25, -0.2) is 0 Å². The molecule has 3 heterocycles. The van der Waals surface area contributed by atoms with E-state index in [9.17, 15) is 4.79 Å². The lowest BCUT2D eigenvalue weighted by molar-refractivity contribution is -0.128. The summed E-state index contributed by atoms with van der Waals surface area (Å²) in [7, 11) is 0. The number of hydrogen-bond donors (Lipinski definition) is 1. The third-order valence-corrected chi connectivity index (χ3v) is 4.60. The maximum Gasteiger partial charge on any atom is 0.238 e. The molecule has 0 saturated carbocycles. The number of nitrogens with zero attached hydrogens (tertiary/aromatic N) is 1. The lowest BCUT2D eigenvalue weighted by Gasteiger charge is -2.27. The van der Waals surface area contributed by atoms with Gasteiger partial charge < -0.3 is 9.64 Å². The molecule has 2 aliphatic rings. The van der Waals surface area contributed by atoms with Crippen LogP contribution in [0.4, 0.5) is 0 Å². The molecule has 4 nitrogen and oxygen atoms in total. The van der Waals surface area contributed by atoms with Crippen LogP contribution in [0.15, 0.2) is 16.8 Å². The van der Waals surface area contributed by atoms with Gasteiger partial charge in [-0.05, 0) is 35.7 Å². The Morgan fingerprint density at radius 2 is 2.50 bits per heavy atom. The summed E-state index contributed by atoms with van der Waals surface area (Å²) in [5, 5.41) is 7.45. The molecule has 3 rings (SSSR count). The molecule has 1 N–H and O–H groups in total. The number of carbonyl (C=O) groups excluding carboxylic acids is 1. The Balaban J connectivity index is 1.73. The van der Waals surface area contributed by atoms with Crippen LogP contribution in [0.5, 0.6) is 0 Å². The molecule has 2 saturated heterocycles. The highest BCUT2D eigenvalue weighted by atomic mass is 32.1. The molecule has 1 aromatic rings. The smallest absolute Gasteiger partial charge is 0.238 e. The van der Waals surface area contributed by atoms with Crippen molar-refractivity contribution in [2.45, 2.75) is 25.6 Å². The highest BCUT2D eigenvalue weighted by Crippen LogP contribution is 2.29. The van der Waals surface area contributed by atoms with Crippen molar-refractivity contribution in [3.05, 3.63) is 22.4 Å². The summed E-state index contributed by atoms with van der Waals surface area (Å²) in [5.74, 6) is 0.667. The number of rotatable bonds is 3. The minimum atomic E-state index is 0.0524. The summed E-state index contributed by atoms with van der Waals surface area (Å²) in [6.07, 6.45) is 1.37. The Labute approximate surface area is 111 Å². The molecule has 0 aliphatic carbocycles. The molecular weight excluding hydrogens is 248 g/mol. The van der Waals surface area contributed by atoms with Crippen molar-refractivity contribution >= 4 is 17.2 Å². The Bertz CT molecular complexity index is 421. The fraction of sp³-hybridized carbons (Fsp3) is 0.615. The summed E-state index contributed by atoms with van der Waals surface area (Å²) in [6, 6.07) is 2.09. The Morgan fingerprint density at radius 1 is 1.61 bits per heavy atom. The van der Waals surface area contributed by atoms with Crippen molar-refractivity contribution < 1.29 is 9.53 Å². The summed E-state index contributed by atoms with van der Waals surface area (Å²) >= 11 is 1.67. The first-order chi connectivity index (χ1) is 8.75. The van der Waals surface area contributed by atoms with Gasteiger partial charge in [-0.15, -0.1) is 0 Å². The zero-order valence-corrected chi connectivity index (χ0v) is 11.3. The van der Waals surface area contributed by atoms with Crippen molar-refractivity contribution in [3.63, 3.8) is 0 Å². The molecule has 3 unspecified atom stereocenters. The van der Waals surface area contributed by atoms with Gasteiger partial charge in [0.1, 0.15) is 6.17 Å². The first kappa shape index (κ1) is 12.1. The quantitative estimate of drug-likeness (QED) is 0.903. The Hall–Kier alpha value is -0.910. The van der Waals surface area contributed by atoms with Crippen LogP contribution in [0.3, 0.4) is 0 Å². The number of amides is 1. The second-order valence-corrected chi connectivity index (χ2v) is 5.79. The predicted octanol–water partition coefficient (Wildman–Crippen LogP) is 1.60. The average Bonchev–Trinajstić information content (AvgIpc) is 3.04. The van der Waals surface area contributed by atoms with Gasteiger partial charge in [0.05, 0.1) is 12.6 Å². The second kappa shape index (κ2) is 4.99. The largest absolute Gasteiger partial charge is 0.378 e. The van der Waals surface area contributed by atoms with Crippen molar-refractivity contribution in [1.29, 1.82) is 0 Å². The topological polar surface area (TPSA) is 41.6 Å². The van der Waals surface area contributed by atoms with E-state index in [0.29, 0.717) is 12.5 Å². The number of thiophene rings is 1. The minimum Gasteiger partial charge on any atom is -0.378 e. The fourth-order valence-electron chi connectivity index (χ4n) is 2.74. The minimum absolute atomic E-state index is 0.0524. The summed E-state index contributed by atoms with van der Waals surface area (Å²) in [4.78, 5) is 14.0. The zero-order chi connectivity index (χ0) is 12.5. The van der Waals surface area contributed by atoms with Crippen LogP contribution in [0.2, 0.25) is 0 Å². The third-order valence-electron chi connectivity index (χ3n) is 3.90. The van der Waals surface area contributed by atoms with E-state index in [2.05, 4.69) is 29.1 Å². The molecule has 0 bridgehead atoms. The molecule has 5 heteroatoms. The predicted molar refractivity (Wildman–Crippen MR) is 70.3 cm³/mol. The Morgan fingerprint density at radius 3 is 3.17 bits per heavy atom. The van der Waals surface area contributed by atoms with Gasteiger partial charge in [-0.3, -0.25) is 10.1 Å². The van der Waals surface area contributed by atoms with Crippen molar-refractivity contribution in [2.24, 2.45) is 5.92 Å². The van der Waals surface area contributed by atoms with E-state index < -0.39 is 0 Å². The molecule has 1 aromatic heterocycles. The third kappa shape index (κ3) is 2.18. The van der Waals surface area contributed by atoms with Gasteiger partial charge in [-0.2, -0.15) is 11.3 Å². The van der Waals surface area contributed by atoms with E-state index in [1.807, 2.05) is 4.90 Å². The highest BCUT2D eigenvalue weighted by molar-refractivity contribution is 7.07. The van der Waals surface area contributed by atoms with Crippen molar-refractivity contribution in [2.75, 3.05) is 19.7 Å². The van der Waals surface area contributed by atoms with Gasteiger partial charge >= 0.3 is 0 Å². The zero-order valence-electron chi connectivity index (χ0n) is 10.5. The van der Waals surface area contributed by atoms with Crippen LogP contribution in [0.25, 0.3) is 0 Å². The van der Waals surface area contributed by atoms with E-state index in [-0.39, 0.29) is 18.2 Å². The summed E-state index contributed by atoms with van der Waals surface area (Å²) in [5.41, 5.74) is 1.19. The second-order valence-electron chi connectivity index (χ2n) is 5.01. The van der Waals surface area contributed by atoms with E-state index in [0.717, 1.165) is 19.6 Å². The molecule has 1 amide bonds. The van der Waals surface area contributed by atoms with Crippen LogP contribution in [-0.4, -0.2) is 36.6 Å². The molecular formula is C13H18N2O2S. The molecule has 0 radical (unpaired) electrons. The van der Waals surface area contributed by atoms with Gasteiger partial charge in [0.15, 0.2) is 0 Å². The normalized spacial score (nSPS) is 32.4. The van der Waals surface area contributed by atoms with Gasteiger partial charge in [0.25, 0.3) is 0 Å². The molecule has 3 atom stereocenters. The van der Waals surface area contributed by atoms with E-state index in [1.54, 1.807) is 11.3 Å². The van der Waals surface area contributed by atoms with E-state index >= 15 is 0 Å². The van der Waals surface area contributed by atoms with Crippen LogP contribution in [0.1, 0.15) is 25.1 Å². The van der Waals surface area contributed by atoms with Gasteiger partial charge in [0, 0.05) is 19.1 Å². The van der Waals surface area contributed by atoms with Gasteiger partial charge in [0.2, 0.25) is 5.91 Å². The van der Waals surface area contributed by atoms with Crippen molar-refractivity contribution in [3.8, 4) is 0 Å². The van der Waals surface area contributed by atoms with Crippen molar-refractivity contribution in [1.82, 2.24) is 10.2 Å². The fourth-order valence-corrected chi connectivity index (χ4v) is 3.42. The number of carbonyl (C=O) groups is 1. The van der Waals surface area contributed by atoms with Crippen LogP contribution < -0.4 is 5.32 Å². The van der Waals surface area contributed by atoms with E-state index in [1.165, 1.54) is 5.56 Å². The Kier molecular flexibility index (Phi) is 3.37. The number of hydrogen-bond acceptors (Lipinski definition) is 4. The summed E-state index contributed by atoms with van der Waals surface area (Å²) in [6.45, 7) is 4.17. The van der Waals surface area contributed by atoms with Crippen LogP contribution in [0, 0.1) is 5.92 Å². The molecule has 18 heavy (non-hydrogen) atoms. The molecule has 0 aromatic carbocycles. The maximum absolute atomic E-state index is 12.0. The highest BCUT2D eigenvalue weighted by Gasteiger charge is 2.36. The summed E-state index contributed by atoms with van der Waals surface area (Å²) < 4.78 is 5.58. The van der Waals surface area contributed by atoms with Crippen LogP contribution >= 0.6 is 11.3 Å².